The number of carboxylic acid groups (broad SMARTS) is 1. The third-order valence-electron chi connectivity index (χ3n) is 1.28. The summed E-state index contributed by atoms with van der Waals surface area (Å²) in [5.74, 6) is -0.978. The number of hydrogen-bond donors (Lipinski definition) is 3. The first-order valence-corrected chi connectivity index (χ1v) is 3.77. The second-order valence-electron chi connectivity index (χ2n) is 2.22. The van der Waals surface area contributed by atoms with Gasteiger partial charge in [0, 0.05) is 5.25 Å². The Kier molecular flexibility index (Phi) is 4.47. The first kappa shape index (κ1) is 9.78. The molecule has 2 unspecified atom stereocenters. The van der Waals surface area contributed by atoms with Crippen LogP contribution >= 0.6 is 12.6 Å². The van der Waals surface area contributed by atoms with E-state index in [2.05, 4.69) is 12.6 Å². The van der Waals surface area contributed by atoms with E-state index < -0.39 is 12.0 Å². The molecule has 0 aromatic heterocycles. The van der Waals surface area contributed by atoms with Crippen molar-refractivity contribution in [3.8, 4) is 0 Å². The van der Waals surface area contributed by atoms with Crippen LogP contribution in [0, 0.1) is 0 Å². The molecule has 0 aliphatic rings. The third-order valence-corrected chi connectivity index (χ3v) is 1.86. The summed E-state index contributed by atoms with van der Waals surface area (Å²) in [7, 11) is 0. The molecule has 0 aromatic carbocycles. The highest BCUT2D eigenvalue weighted by Crippen LogP contribution is 2.07. The van der Waals surface area contributed by atoms with E-state index in [4.69, 9.17) is 10.8 Å². The van der Waals surface area contributed by atoms with Crippen LogP contribution in [0.4, 0.5) is 0 Å². The molecule has 0 radical (unpaired) electrons. The summed E-state index contributed by atoms with van der Waals surface area (Å²) in [6.45, 7) is 1.97. The topological polar surface area (TPSA) is 63.3 Å². The Labute approximate surface area is 66.0 Å². The molecule has 0 aliphatic heterocycles. The molecular formula is C6H13NO2S. The predicted octanol–water partition coefficient (Wildman–Crippen LogP) is 0.497. The minimum absolute atomic E-state index is 0.220. The quantitative estimate of drug-likeness (QED) is 0.529. The average Bonchev–Trinajstić information content (AvgIpc) is 1.87. The van der Waals surface area contributed by atoms with Gasteiger partial charge in [0.25, 0.3) is 0 Å². The van der Waals surface area contributed by atoms with Crippen molar-refractivity contribution in [1.29, 1.82) is 0 Å². The molecule has 0 saturated heterocycles. The molecule has 4 heteroatoms. The maximum absolute atomic E-state index is 10.2. The van der Waals surface area contributed by atoms with Crippen LogP contribution < -0.4 is 5.73 Å². The highest BCUT2D eigenvalue weighted by molar-refractivity contribution is 7.81. The number of carboxylic acids is 1. The fourth-order valence-corrected chi connectivity index (χ4v) is 1.03. The maximum Gasteiger partial charge on any atom is 0.321 e. The van der Waals surface area contributed by atoms with Gasteiger partial charge >= 0.3 is 5.97 Å². The Bertz CT molecular complexity index is 118. The molecular weight excluding hydrogens is 150 g/mol. The van der Waals surface area contributed by atoms with Crippen molar-refractivity contribution in [3.05, 3.63) is 0 Å². The van der Waals surface area contributed by atoms with Gasteiger partial charge in [0.1, 0.15) is 6.04 Å². The first-order chi connectivity index (χ1) is 4.59. The van der Waals surface area contributed by atoms with E-state index in [0.29, 0.717) is 0 Å². The van der Waals surface area contributed by atoms with Crippen LogP contribution in [-0.2, 0) is 4.79 Å². The van der Waals surface area contributed by atoms with Gasteiger partial charge < -0.3 is 10.8 Å². The number of aliphatic carboxylic acids is 1. The molecule has 0 aliphatic carbocycles. The number of thiol groups is 1. The molecule has 0 heterocycles. The number of rotatable bonds is 4. The molecule has 2 atom stereocenters. The van der Waals surface area contributed by atoms with Crippen molar-refractivity contribution < 1.29 is 9.90 Å². The van der Waals surface area contributed by atoms with Gasteiger partial charge in [0.2, 0.25) is 0 Å². The molecule has 60 valence electrons. The first-order valence-electron chi connectivity index (χ1n) is 3.26. The van der Waals surface area contributed by atoms with Crippen LogP contribution in [0.3, 0.4) is 0 Å². The van der Waals surface area contributed by atoms with Crippen molar-refractivity contribution in [2.75, 3.05) is 0 Å². The standard InChI is InChI=1S/C6H13NO2S/c1-2-3-4(10)5(7)6(8)9/h4-5,10H,2-3,7H2,1H3,(H,8,9). The van der Waals surface area contributed by atoms with Gasteiger partial charge in [0.15, 0.2) is 0 Å². The van der Waals surface area contributed by atoms with Crippen molar-refractivity contribution in [2.45, 2.75) is 31.1 Å². The van der Waals surface area contributed by atoms with Gasteiger partial charge in [-0.1, -0.05) is 13.3 Å². The van der Waals surface area contributed by atoms with E-state index in [1.165, 1.54) is 0 Å². The molecule has 3 nitrogen and oxygen atoms in total. The zero-order valence-corrected chi connectivity index (χ0v) is 6.84. The molecule has 0 fully saturated rings. The Hall–Kier alpha value is -0.220. The summed E-state index contributed by atoms with van der Waals surface area (Å²) >= 11 is 4.04. The lowest BCUT2D eigenvalue weighted by Gasteiger charge is -2.12. The highest BCUT2D eigenvalue weighted by Gasteiger charge is 2.19. The van der Waals surface area contributed by atoms with Crippen LogP contribution in [0.1, 0.15) is 19.8 Å². The van der Waals surface area contributed by atoms with Gasteiger partial charge in [-0.3, -0.25) is 4.79 Å². The molecule has 0 spiro atoms. The summed E-state index contributed by atoms with van der Waals surface area (Å²) in [6, 6.07) is -0.830. The Morgan fingerprint density at radius 3 is 2.60 bits per heavy atom. The van der Waals surface area contributed by atoms with Crippen molar-refractivity contribution >= 4 is 18.6 Å². The van der Waals surface area contributed by atoms with E-state index in [1.54, 1.807) is 0 Å². The average molecular weight is 163 g/mol. The van der Waals surface area contributed by atoms with Gasteiger partial charge in [-0.15, -0.1) is 0 Å². The van der Waals surface area contributed by atoms with E-state index in [1.807, 2.05) is 6.92 Å². The second-order valence-corrected chi connectivity index (χ2v) is 2.88. The largest absolute Gasteiger partial charge is 0.480 e. The van der Waals surface area contributed by atoms with E-state index in [9.17, 15) is 4.79 Å². The SMILES string of the molecule is CCCC(S)C(N)C(=O)O. The Morgan fingerprint density at radius 1 is 1.80 bits per heavy atom. The minimum Gasteiger partial charge on any atom is -0.480 e. The van der Waals surface area contributed by atoms with E-state index in [0.717, 1.165) is 12.8 Å². The zero-order chi connectivity index (χ0) is 8.15. The van der Waals surface area contributed by atoms with E-state index in [-0.39, 0.29) is 5.25 Å². The molecule has 10 heavy (non-hydrogen) atoms. The monoisotopic (exact) mass is 163 g/mol. The van der Waals surface area contributed by atoms with Gasteiger partial charge in [-0.05, 0) is 6.42 Å². The smallest absolute Gasteiger partial charge is 0.321 e. The lowest BCUT2D eigenvalue weighted by atomic mass is 10.1. The Morgan fingerprint density at radius 2 is 2.30 bits per heavy atom. The molecule has 0 amide bonds. The molecule has 0 aromatic rings. The summed E-state index contributed by atoms with van der Waals surface area (Å²) in [5, 5.41) is 8.19. The molecule has 0 bridgehead atoms. The van der Waals surface area contributed by atoms with Crippen LogP contribution in [0.5, 0.6) is 0 Å². The maximum atomic E-state index is 10.2. The normalized spacial score (nSPS) is 16.3. The zero-order valence-electron chi connectivity index (χ0n) is 5.95. The minimum atomic E-state index is -0.978. The predicted molar refractivity (Wildman–Crippen MR) is 43.3 cm³/mol. The lowest BCUT2D eigenvalue weighted by Crippen LogP contribution is -2.38. The summed E-state index contributed by atoms with van der Waals surface area (Å²) < 4.78 is 0. The third kappa shape index (κ3) is 3.08. The van der Waals surface area contributed by atoms with Crippen LogP contribution in [0.25, 0.3) is 0 Å². The fraction of sp³-hybridized carbons (Fsp3) is 0.833. The van der Waals surface area contributed by atoms with E-state index >= 15 is 0 Å². The fourth-order valence-electron chi connectivity index (χ4n) is 0.640. The molecule has 0 rings (SSSR count). The number of carbonyl (C=O) groups is 1. The van der Waals surface area contributed by atoms with Crippen LogP contribution in [0.15, 0.2) is 0 Å². The van der Waals surface area contributed by atoms with Crippen LogP contribution in [0.2, 0.25) is 0 Å². The Balaban J connectivity index is 3.69. The number of nitrogens with two attached hydrogens (primary N) is 1. The molecule has 0 saturated carbocycles. The van der Waals surface area contributed by atoms with Gasteiger partial charge in [-0.25, -0.2) is 0 Å². The second kappa shape index (κ2) is 4.57. The summed E-state index contributed by atoms with van der Waals surface area (Å²) in [6.07, 6.45) is 1.66. The van der Waals surface area contributed by atoms with Gasteiger partial charge in [0.05, 0.1) is 0 Å². The lowest BCUT2D eigenvalue weighted by molar-refractivity contribution is -0.138. The molecule has 3 N–H and O–H groups in total. The highest BCUT2D eigenvalue weighted by atomic mass is 32.1. The van der Waals surface area contributed by atoms with Crippen LogP contribution in [-0.4, -0.2) is 22.4 Å². The summed E-state index contributed by atoms with van der Waals surface area (Å²) in [4.78, 5) is 10.2. The van der Waals surface area contributed by atoms with Crippen molar-refractivity contribution in [3.63, 3.8) is 0 Å². The van der Waals surface area contributed by atoms with Crippen molar-refractivity contribution in [2.24, 2.45) is 5.73 Å². The van der Waals surface area contributed by atoms with Crippen molar-refractivity contribution in [1.82, 2.24) is 0 Å². The summed E-state index contributed by atoms with van der Waals surface area (Å²) in [5.41, 5.74) is 5.27. The number of hydrogen-bond acceptors (Lipinski definition) is 3. The van der Waals surface area contributed by atoms with Gasteiger partial charge in [-0.2, -0.15) is 12.6 Å².